The predicted octanol–water partition coefficient (Wildman–Crippen LogP) is 6.20. The number of hydrogen-bond acceptors (Lipinski definition) is 4. The van der Waals surface area contributed by atoms with Gasteiger partial charge in [-0.25, -0.2) is 10.4 Å². The quantitative estimate of drug-likeness (QED) is 0.240. The Balaban J connectivity index is 1.66. The van der Waals surface area contributed by atoms with Gasteiger partial charge in [-0.15, -0.1) is 0 Å². The Labute approximate surface area is 196 Å². The lowest BCUT2D eigenvalue weighted by Crippen LogP contribution is -2.18. The zero-order valence-electron chi connectivity index (χ0n) is 16.4. The van der Waals surface area contributed by atoms with Crippen molar-refractivity contribution in [3.8, 4) is 17.0 Å². The second kappa shape index (κ2) is 8.99. The molecule has 154 valence electrons. The minimum Gasteiger partial charge on any atom is -0.506 e. The van der Waals surface area contributed by atoms with E-state index in [0.29, 0.717) is 20.1 Å². The number of pyridine rings is 1. The standard InChI is InChI=1S/C24H17Br2N3O2/c1-14-6-8-16(9-7-14)22-12-18(17-4-2-3-5-21(17)28-22)24(31)29-27-13-15-10-19(25)23(30)20(26)11-15/h2-13,30H,1H3,(H,29,31). The highest BCUT2D eigenvalue weighted by molar-refractivity contribution is 9.11. The third kappa shape index (κ3) is 4.68. The molecular weight excluding hydrogens is 522 g/mol. The molecule has 0 aliphatic rings. The van der Waals surface area contributed by atoms with Crippen molar-refractivity contribution in [3.05, 3.63) is 92.4 Å². The lowest BCUT2D eigenvalue weighted by molar-refractivity contribution is 0.0956. The molecule has 0 aliphatic carbocycles. The van der Waals surface area contributed by atoms with E-state index in [9.17, 15) is 9.90 Å². The van der Waals surface area contributed by atoms with E-state index in [1.54, 1.807) is 18.2 Å². The summed E-state index contributed by atoms with van der Waals surface area (Å²) in [6.07, 6.45) is 1.51. The first-order valence-corrected chi connectivity index (χ1v) is 11.0. The smallest absolute Gasteiger partial charge is 0.272 e. The number of fused-ring (bicyclic) bond motifs is 1. The molecule has 0 bridgehead atoms. The van der Waals surface area contributed by atoms with Crippen LogP contribution in [0.5, 0.6) is 5.75 Å². The molecular formula is C24H17Br2N3O2. The number of benzene rings is 3. The molecule has 0 radical (unpaired) electrons. The van der Waals surface area contributed by atoms with E-state index in [0.717, 1.165) is 27.7 Å². The van der Waals surface area contributed by atoms with Gasteiger partial charge in [0.25, 0.3) is 5.91 Å². The Morgan fingerprint density at radius 3 is 2.42 bits per heavy atom. The zero-order chi connectivity index (χ0) is 22.0. The summed E-state index contributed by atoms with van der Waals surface area (Å²) in [5.41, 5.74) is 7.34. The fourth-order valence-electron chi connectivity index (χ4n) is 3.12. The molecule has 4 rings (SSSR count). The fourth-order valence-corrected chi connectivity index (χ4v) is 4.34. The van der Waals surface area contributed by atoms with Crippen molar-refractivity contribution in [2.45, 2.75) is 6.92 Å². The molecule has 4 aromatic rings. The first-order valence-electron chi connectivity index (χ1n) is 9.40. The van der Waals surface area contributed by atoms with Crippen LogP contribution in [0.3, 0.4) is 0 Å². The predicted molar refractivity (Wildman–Crippen MR) is 130 cm³/mol. The number of aromatic nitrogens is 1. The topological polar surface area (TPSA) is 74.6 Å². The van der Waals surface area contributed by atoms with E-state index in [2.05, 4.69) is 42.4 Å². The second-order valence-electron chi connectivity index (χ2n) is 6.97. The van der Waals surface area contributed by atoms with Gasteiger partial charge in [0, 0.05) is 10.9 Å². The van der Waals surface area contributed by atoms with Gasteiger partial charge in [0.1, 0.15) is 5.75 Å². The molecule has 31 heavy (non-hydrogen) atoms. The first-order chi connectivity index (χ1) is 14.9. The van der Waals surface area contributed by atoms with Crippen molar-refractivity contribution < 1.29 is 9.90 Å². The molecule has 3 aromatic carbocycles. The summed E-state index contributed by atoms with van der Waals surface area (Å²) >= 11 is 6.56. The number of rotatable bonds is 4. The number of aryl methyl sites for hydroxylation is 1. The van der Waals surface area contributed by atoms with Crippen molar-refractivity contribution >= 4 is 54.9 Å². The Bertz CT molecular complexity index is 1300. The van der Waals surface area contributed by atoms with Gasteiger partial charge in [0.2, 0.25) is 0 Å². The Hall–Kier alpha value is -3.03. The van der Waals surface area contributed by atoms with Crippen molar-refractivity contribution in [1.82, 2.24) is 10.4 Å². The van der Waals surface area contributed by atoms with Gasteiger partial charge in [0.05, 0.1) is 31.9 Å². The van der Waals surface area contributed by atoms with E-state index >= 15 is 0 Å². The van der Waals surface area contributed by atoms with Crippen LogP contribution in [0, 0.1) is 6.92 Å². The van der Waals surface area contributed by atoms with Crippen LogP contribution in [-0.4, -0.2) is 22.2 Å². The lowest BCUT2D eigenvalue weighted by Gasteiger charge is -2.09. The lowest BCUT2D eigenvalue weighted by atomic mass is 10.0. The maximum Gasteiger partial charge on any atom is 0.272 e. The molecule has 0 aliphatic heterocycles. The van der Waals surface area contributed by atoms with Crippen molar-refractivity contribution in [2.24, 2.45) is 5.10 Å². The van der Waals surface area contributed by atoms with Gasteiger partial charge < -0.3 is 5.11 Å². The van der Waals surface area contributed by atoms with Crippen molar-refractivity contribution in [1.29, 1.82) is 0 Å². The molecule has 1 amide bonds. The number of nitrogens with one attached hydrogen (secondary N) is 1. The molecule has 0 saturated heterocycles. The Morgan fingerprint density at radius 1 is 1.03 bits per heavy atom. The van der Waals surface area contributed by atoms with Gasteiger partial charge >= 0.3 is 0 Å². The number of hydrazone groups is 1. The summed E-state index contributed by atoms with van der Waals surface area (Å²) in [6.45, 7) is 2.03. The highest BCUT2D eigenvalue weighted by Crippen LogP contribution is 2.32. The van der Waals surface area contributed by atoms with E-state index in [1.165, 1.54) is 6.21 Å². The number of halogens is 2. The number of phenols is 1. The zero-order valence-corrected chi connectivity index (χ0v) is 19.6. The first kappa shape index (κ1) is 21.2. The van der Waals surface area contributed by atoms with Crippen LogP contribution in [0.25, 0.3) is 22.2 Å². The molecule has 0 unspecified atom stereocenters. The largest absolute Gasteiger partial charge is 0.506 e. The fraction of sp³-hybridized carbons (Fsp3) is 0.0417. The number of nitrogens with zero attached hydrogens (tertiary/aromatic N) is 2. The van der Waals surface area contributed by atoms with Gasteiger partial charge in [0.15, 0.2) is 0 Å². The minimum absolute atomic E-state index is 0.105. The van der Waals surface area contributed by atoms with Crippen LogP contribution in [0.1, 0.15) is 21.5 Å². The number of phenolic OH excluding ortho intramolecular Hbond substituents is 1. The van der Waals surface area contributed by atoms with Gasteiger partial charge in [-0.1, -0.05) is 48.0 Å². The molecule has 7 heteroatoms. The minimum atomic E-state index is -0.333. The van der Waals surface area contributed by atoms with E-state index in [-0.39, 0.29) is 11.7 Å². The molecule has 2 N–H and O–H groups in total. The van der Waals surface area contributed by atoms with Crippen LogP contribution in [0.4, 0.5) is 0 Å². The highest BCUT2D eigenvalue weighted by atomic mass is 79.9. The maximum atomic E-state index is 13.0. The third-order valence-electron chi connectivity index (χ3n) is 4.73. The SMILES string of the molecule is Cc1ccc(-c2cc(C(=O)NN=Cc3cc(Br)c(O)c(Br)c3)c3ccccc3n2)cc1. The average molecular weight is 539 g/mol. The van der Waals surface area contributed by atoms with E-state index in [1.807, 2.05) is 55.5 Å². The number of carbonyl (C=O) groups is 1. The van der Waals surface area contributed by atoms with E-state index in [4.69, 9.17) is 4.98 Å². The number of carbonyl (C=O) groups excluding carboxylic acids is 1. The number of aromatic hydroxyl groups is 1. The van der Waals surface area contributed by atoms with Gasteiger partial charge in [-0.3, -0.25) is 4.79 Å². The number of amides is 1. The Morgan fingerprint density at radius 2 is 1.71 bits per heavy atom. The molecule has 0 fully saturated rings. The molecule has 1 aromatic heterocycles. The average Bonchev–Trinajstić information content (AvgIpc) is 2.77. The van der Waals surface area contributed by atoms with Crippen LogP contribution < -0.4 is 5.43 Å². The Kier molecular flexibility index (Phi) is 6.15. The summed E-state index contributed by atoms with van der Waals surface area (Å²) in [7, 11) is 0. The van der Waals surface area contributed by atoms with Crippen LogP contribution in [0.2, 0.25) is 0 Å². The molecule has 1 heterocycles. The third-order valence-corrected chi connectivity index (χ3v) is 5.94. The van der Waals surface area contributed by atoms with Crippen LogP contribution in [0.15, 0.2) is 80.8 Å². The number of para-hydroxylation sites is 1. The monoisotopic (exact) mass is 537 g/mol. The number of hydrogen-bond donors (Lipinski definition) is 2. The van der Waals surface area contributed by atoms with Gasteiger partial charge in [-0.05, 0) is 68.6 Å². The molecule has 5 nitrogen and oxygen atoms in total. The van der Waals surface area contributed by atoms with Gasteiger partial charge in [-0.2, -0.15) is 5.10 Å². The van der Waals surface area contributed by atoms with Crippen LogP contribution in [-0.2, 0) is 0 Å². The van der Waals surface area contributed by atoms with E-state index < -0.39 is 0 Å². The van der Waals surface area contributed by atoms with Crippen molar-refractivity contribution in [2.75, 3.05) is 0 Å². The molecule has 0 atom stereocenters. The van der Waals surface area contributed by atoms with Crippen molar-refractivity contribution in [3.63, 3.8) is 0 Å². The summed E-state index contributed by atoms with van der Waals surface area (Å²) < 4.78 is 1.05. The summed E-state index contributed by atoms with van der Waals surface area (Å²) in [5.74, 6) is -0.229. The summed E-state index contributed by atoms with van der Waals surface area (Å²) in [4.78, 5) is 17.7. The maximum absolute atomic E-state index is 13.0. The molecule has 0 spiro atoms. The second-order valence-corrected chi connectivity index (χ2v) is 8.68. The highest BCUT2D eigenvalue weighted by Gasteiger charge is 2.13. The molecule has 0 saturated carbocycles. The van der Waals surface area contributed by atoms with Crippen LogP contribution >= 0.6 is 31.9 Å². The summed E-state index contributed by atoms with van der Waals surface area (Å²) in [6, 6.07) is 20.7. The summed E-state index contributed by atoms with van der Waals surface area (Å²) in [5, 5.41) is 14.6. The normalized spacial score (nSPS) is 11.2.